The van der Waals surface area contributed by atoms with Gasteiger partial charge in [-0.15, -0.1) is 0 Å². The van der Waals surface area contributed by atoms with Crippen molar-refractivity contribution in [1.82, 2.24) is 30.6 Å². The summed E-state index contributed by atoms with van der Waals surface area (Å²) < 4.78 is 41.1. The molecule has 5 heterocycles. The number of halogens is 3. The van der Waals surface area contributed by atoms with Crippen LogP contribution in [0.4, 0.5) is 23.9 Å². The molecule has 2 aliphatic rings. The number of carbonyl (C=O) groups is 2. The maximum absolute atomic E-state index is 13.7. The van der Waals surface area contributed by atoms with Crippen molar-refractivity contribution in [3.8, 4) is 11.3 Å². The molecule has 4 aromatic rings. The Hall–Kier alpha value is -4.23. The van der Waals surface area contributed by atoms with E-state index in [-0.39, 0.29) is 12.2 Å². The molecule has 1 aromatic carbocycles. The van der Waals surface area contributed by atoms with Crippen molar-refractivity contribution in [3.05, 3.63) is 76.7 Å². The second-order valence-electron chi connectivity index (χ2n) is 10.2. The van der Waals surface area contributed by atoms with Crippen LogP contribution in [0.15, 0.2) is 59.8 Å². The van der Waals surface area contributed by atoms with E-state index in [0.717, 1.165) is 47.6 Å². The molecule has 216 valence electrons. The average molecular weight is 594 g/mol. The number of rotatable bonds is 7. The number of nitrogens with zero attached hydrogens (tertiary/aromatic N) is 4. The van der Waals surface area contributed by atoms with Crippen LogP contribution < -0.4 is 15.5 Å². The molecule has 0 bridgehead atoms. The number of amides is 2. The number of piperidine rings is 1. The van der Waals surface area contributed by atoms with Crippen LogP contribution in [0, 0.1) is 5.92 Å². The molecule has 2 fully saturated rings. The number of fused-ring (bicyclic) bond motifs is 1. The Morgan fingerprint density at radius 2 is 1.90 bits per heavy atom. The smallest absolute Gasteiger partial charge is 0.361 e. The zero-order chi connectivity index (χ0) is 29.3. The first-order valence-electron chi connectivity index (χ1n) is 13.4. The van der Waals surface area contributed by atoms with Gasteiger partial charge in [0.1, 0.15) is 0 Å². The van der Waals surface area contributed by atoms with Gasteiger partial charge in [-0.2, -0.15) is 13.2 Å². The van der Waals surface area contributed by atoms with Gasteiger partial charge in [-0.3, -0.25) is 19.9 Å². The first-order valence-corrected chi connectivity index (χ1v) is 14.2. The second kappa shape index (κ2) is 11.6. The monoisotopic (exact) mass is 593 g/mol. The van der Waals surface area contributed by atoms with Crippen molar-refractivity contribution < 1.29 is 22.8 Å². The number of carbonyl (C=O) groups excluding carboxylic acids is 2. The Morgan fingerprint density at radius 3 is 2.67 bits per heavy atom. The number of H-pyrrole nitrogens is 1. The summed E-state index contributed by atoms with van der Waals surface area (Å²) in [6.07, 6.45) is 2.20. The topological polar surface area (TPSA) is 116 Å². The molecule has 3 N–H and O–H groups in total. The van der Waals surface area contributed by atoms with Crippen molar-refractivity contribution in [2.45, 2.75) is 25.6 Å². The standard InChI is InChI=1S/C29H26F3N7O2S/c30-29(31,32)20-12-22(36-24(13-20)18-1-2-23-19(11-18)3-7-34-23)16-33-15-17-5-9-39(10-6-17)27-35-8-4-21(37-27)14-25-26(40)38-28(41)42-25/h1-4,7-8,11-14,17,33-34H,5-6,9-10,15-16H2,(H,38,40,41)/b25-14-. The lowest BCUT2D eigenvalue weighted by Crippen LogP contribution is -2.38. The Bertz CT molecular complexity index is 1680. The number of imide groups is 1. The Kier molecular flexibility index (Phi) is 7.69. The number of pyridine rings is 1. The molecule has 2 aliphatic heterocycles. The van der Waals surface area contributed by atoms with Crippen LogP contribution >= 0.6 is 11.8 Å². The molecule has 6 rings (SSSR count). The highest BCUT2D eigenvalue weighted by atomic mass is 32.2. The Morgan fingerprint density at radius 1 is 1.07 bits per heavy atom. The van der Waals surface area contributed by atoms with Gasteiger partial charge in [-0.05, 0) is 79.5 Å². The van der Waals surface area contributed by atoms with Gasteiger partial charge in [0.25, 0.3) is 11.1 Å². The fraction of sp³-hybridized carbons (Fsp3) is 0.276. The largest absolute Gasteiger partial charge is 0.416 e. The van der Waals surface area contributed by atoms with E-state index in [4.69, 9.17) is 0 Å². The molecule has 2 amide bonds. The summed E-state index contributed by atoms with van der Waals surface area (Å²) >= 11 is 0.837. The van der Waals surface area contributed by atoms with Gasteiger partial charge in [-0.25, -0.2) is 9.97 Å². The van der Waals surface area contributed by atoms with E-state index in [1.807, 2.05) is 18.2 Å². The van der Waals surface area contributed by atoms with Crippen molar-refractivity contribution in [3.63, 3.8) is 0 Å². The third kappa shape index (κ3) is 6.31. The van der Waals surface area contributed by atoms with Gasteiger partial charge in [0.15, 0.2) is 0 Å². The van der Waals surface area contributed by atoms with Crippen molar-refractivity contribution in [1.29, 1.82) is 0 Å². The Labute approximate surface area is 243 Å². The van der Waals surface area contributed by atoms with Crippen molar-refractivity contribution >= 4 is 45.8 Å². The zero-order valence-corrected chi connectivity index (χ0v) is 23.1. The molecule has 0 unspecified atom stereocenters. The predicted octanol–water partition coefficient (Wildman–Crippen LogP) is 5.37. The predicted molar refractivity (Wildman–Crippen MR) is 154 cm³/mol. The van der Waals surface area contributed by atoms with Crippen LogP contribution in [0.3, 0.4) is 0 Å². The summed E-state index contributed by atoms with van der Waals surface area (Å²) in [5.74, 6) is 0.440. The van der Waals surface area contributed by atoms with E-state index >= 15 is 0 Å². The quantitative estimate of drug-likeness (QED) is 0.245. The van der Waals surface area contributed by atoms with Gasteiger partial charge in [-0.1, -0.05) is 6.07 Å². The maximum atomic E-state index is 13.7. The van der Waals surface area contributed by atoms with E-state index in [1.165, 1.54) is 0 Å². The molecular formula is C29H26F3N7O2S. The normalized spacial score (nSPS) is 17.4. The highest BCUT2D eigenvalue weighted by Gasteiger charge is 2.32. The van der Waals surface area contributed by atoms with Crippen LogP contribution in [0.1, 0.15) is 29.8 Å². The minimum atomic E-state index is -4.48. The number of hydrogen-bond donors (Lipinski definition) is 3. The van der Waals surface area contributed by atoms with Crippen molar-refractivity contribution in [2.75, 3.05) is 24.5 Å². The summed E-state index contributed by atoms with van der Waals surface area (Å²) in [4.78, 5) is 42.1. The van der Waals surface area contributed by atoms with Crippen LogP contribution in [0.5, 0.6) is 0 Å². The molecule has 2 saturated heterocycles. The van der Waals surface area contributed by atoms with E-state index in [2.05, 4.69) is 35.5 Å². The fourth-order valence-electron chi connectivity index (χ4n) is 5.09. The molecule has 0 aliphatic carbocycles. The number of thioether (sulfide) groups is 1. The maximum Gasteiger partial charge on any atom is 0.416 e. The number of hydrogen-bond acceptors (Lipinski definition) is 8. The summed E-state index contributed by atoms with van der Waals surface area (Å²) in [6, 6.07) is 11.2. The first kappa shape index (κ1) is 27.9. The van der Waals surface area contributed by atoms with Gasteiger partial charge in [0.2, 0.25) is 5.95 Å². The summed E-state index contributed by atoms with van der Waals surface area (Å²) in [5, 5.41) is 6.03. The highest BCUT2D eigenvalue weighted by Crippen LogP contribution is 2.33. The average Bonchev–Trinajstić information content (AvgIpc) is 3.57. The third-order valence-corrected chi connectivity index (χ3v) is 8.09. The minimum Gasteiger partial charge on any atom is -0.361 e. The van der Waals surface area contributed by atoms with E-state index in [0.29, 0.717) is 53.4 Å². The lowest BCUT2D eigenvalue weighted by molar-refractivity contribution is -0.137. The molecule has 42 heavy (non-hydrogen) atoms. The van der Waals surface area contributed by atoms with Crippen molar-refractivity contribution in [2.24, 2.45) is 5.92 Å². The van der Waals surface area contributed by atoms with E-state index < -0.39 is 22.9 Å². The Balaban J connectivity index is 1.07. The van der Waals surface area contributed by atoms with E-state index in [1.54, 1.807) is 30.6 Å². The summed E-state index contributed by atoms with van der Waals surface area (Å²) in [5.41, 5.74) is 1.98. The molecule has 0 radical (unpaired) electrons. The van der Waals surface area contributed by atoms with Gasteiger partial charge in [0, 0.05) is 48.5 Å². The van der Waals surface area contributed by atoms with Crippen LogP contribution in [0.2, 0.25) is 0 Å². The van der Waals surface area contributed by atoms with Crippen LogP contribution in [-0.2, 0) is 17.5 Å². The van der Waals surface area contributed by atoms with E-state index in [9.17, 15) is 22.8 Å². The lowest BCUT2D eigenvalue weighted by Gasteiger charge is -2.32. The first-order chi connectivity index (χ1) is 20.2. The second-order valence-corrected chi connectivity index (χ2v) is 11.2. The highest BCUT2D eigenvalue weighted by molar-refractivity contribution is 8.18. The lowest BCUT2D eigenvalue weighted by atomic mass is 9.97. The fourth-order valence-corrected chi connectivity index (χ4v) is 5.76. The minimum absolute atomic E-state index is 0.220. The number of aromatic nitrogens is 4. The molecule has 0 saturated carbocycles. The number of benzene rings is 1. The molecule has 13 heteroatoms. The molecule has 0 spiro atoms. The van der Waals surface area contributed by atoms with Crippen LogP contribution in [0.25, 0.3) is 28.2 Å². The number of anilines is 1. The number of alkyl halides is 3. The van der Waals surface area contributed by atoms with Gasteiger partial charge < -0.3 is 15.2 Å². The summed E-state index contributed by atoms with van der Waals surface area (Å²) in [7, 11) is 0. The number of aromatic amines is 1. The SMILES string of the molecule is O=C1NC(=O)/C(=C/c2ccnc(N3CCC(CNCc4cc(C(F)(F)F)cc(-c5ccc6[nH]ccc6c5)n4)CC3)n2)S1. The number of nitrogens with one attached hydrogen (secondary N) is 3. The van der Waals surface area contributed by atoms with Gasteiger partial charge in [0.05, 0.1) is 27.6 Å². The molecule has 0 atom stereocenters. The summed E-state index contributed by atoms with van der Waals surface area (Å²) in [6.45, 7) is 2.29. The molecular weight excluding hydrogens is 567 g/mol. The molecule has 9 nitrogen and oxygen atoms in total. The van der Waals surface area contributed by atoms with Crippen LogP contribution in [-0.4, -0.2) is 50.7 Å². The molecule has 3 aromatic heterocycles. The van der Waals surface area contributed by atoms with Gasteiger partial charge >= 0.3 is 6.18 Å². The third-order valence-electron chi connectivity index (χ3n) is 7.28. The zero-order valence-electron chi connectivity index (χ0n) is 22.2.